The first-order chi connectivity index (χ1) is 12.5. The lowest BCUT2D eigenvalue weighted by Crippen LogP contribution is -2.50. The highest BCUT2D eigenvalue weighted by Gasteiger charge is 2.38. The van der Waals surface area contributed by atoms with Gasteiger partial charge in [0.25, 0.3) is 5.91 Å². The van der Waals surface area contributed by atoms with E-state index >= 15 is 0 Å². The molecule has 26 heavy (non-hydrogen) atoms. The summed E-state index contributed by atoms with van der Waals surface area (Å²) >= 11 is 0. The molecule has 1 aromatic carbocycles. The van der Waals surface area contributed by atoms with Crippen LogP contribution in [0.3, 0.4) is 0 Å². The van der Waals surface area contributed by atoms with Gasteiger partial charge in [-0.1, -0.05) is 37.5 Å². The first kappa shape index (κ1) is 18.9. The minimum atomic E-state index is -3.09. The van der Waals surface area contributed by atoms with E-state index in [-0.39, 0.29) is 36.1 Å². The lowest BCUT2D eigenvalue weighted by atomic mass is 9.93. The van der Waals surface area contributed by atoms with Gasteiger partial charge in [-0.25, -0.2) is 13.2 Å². The number of rotatable bonds is 5. The largest absolute Gasteiger partial charge is 0.452 e. The van der Waals surface area contributed by atoms with Crippen LogP contribution in [0.4, 0.5) is 0 Å². The molecule has 2 fully saturated rings. The van der Waals surface area contributed by atoms with Gasteiger partial charge in [0.05, 0.1) is 17.1 Å². The predicted octanol–water partition coefficient (Wildman–Crippen LogP) is 2.19. The van der Waals surface area contributed by atoms with Crippen molar-refractivity contribution in [1.29, 1.82) is 0 Å². The number of amides is 1. The molecular weight excluding hydrogens is 354 g/mol. The molecule has 3 rings (SSSR count). The van der Waals surface area contributed by atoms with Crippen LogP contribution >= 0.6 is 0 Å². The highest BCUT2D eigenvalue weighted by atomic mass is 32.2. The standard InChI is InChI=1S/C19H25NO5S/c21-18(13-25-19(22)15-7-3-1-4-8-15)20(16-9-5-2-6-10-16)17-11-12-26(23,24)14-17/h1,3-4,7-8,16-17H,2,5-6,9-14H2/t17-/m0/s1. The summed E-state index contributed by atoms with van der Waals surface area (Å²) in [4.78, 5) is 26.6. The molecule has 1 aromatic rings. The third-order valence-electron chi connectivity index (χ3n) is 5.19. The second-order valence-corrected chi connectivity index (χ2v) is 9.32. The smallest absolute Gasteiger partial charge is 0.338 e. The van der Waals surface area contributed by atoms with Gasteiger partial charge in [0.2, 0.25) is 0 Å². The van der Waals surface area contributed by atoms with Gasteiger partial charge in [-0.2, -0.15) is 0 Å². The molecule has 0 bridgehead atoms. The van der Waals surface area contributed by atoms with E-state index in [0.29, 0.717) is 12.0 Å². The van der Waals surface area contributed by atoms with Crippen LogP contribution in [0.2, 0.25) is 0 Å². The number of sulfone groups is 1. The summed E-state index contributed by atoms with van der Waals surface area (Å²) in [6.45, 7) is -0.346. The highest BCUT2D eigenvalue weighted by molar-refractivity contribution is 7.91. The molecule has 7 heteroatoms. The number of carbonyl (C=O) groups excluding carboxylic acids is 2. The van der Waals surface area contributed by atoms with Crippen molar-refractivity contribution in [2.75, 3.05) is 18.1 Å². The van der Waals surface area contributed by atoms with Crippen LogP contribution < -0.4 is 0 Å². The first-order valence-electron chi connectivity index (χ1n) is 9.20. The number of nitrogens with zero attached hydrogens (tertiary/aromatic N) is 1. The van der Waals surface area contributed by atoms with Crippen molar-refractivity contribution in [2.45, 2.75) is 50.6 Å². The fourth-order valence-corrected chi connectivity index (χ4v) is 5.63. The van der Waals surface area contributed by atoms with E-state index < -0.39 is 15.8 Å². The molecule has 0 unspecified atom stereocenters. The molecule has 1 heterocycles. The molecule has 0 aromatic heterocycles. The number of hydrogen-bond acceptors (Lipinski definition) is 5. The lowest BCUT2D eigenvalue weighted by molar-refractivity contribution is -0.140. The van der Waals surface area contributed by atoms with Crippen LogP contribution in [-0.4, -0.2) is 55.4 Å². The maximum atomic E-state index is 12.8. The lowest BCUT2D eigenvalue weighted by Gasteiger charge is -2.38. The van der Waals surface area contributed by atoms with E-state index in [0.717, 1.165) is 32.1 Å². The zero-order valence-electron chi connectivity index (χ0n) is 14.8. The van der Waals surface area contributed by atoms with E-state index in [1.54, 1.807) is 35.2 Å². The third-order valence-corrected chi connectivity index (χ3v) is 6.94. The molecule has 1 saturated heterocycles. The van der Waals surface area contributed by atoms with E-state index in [1.807, 2.05) is 0 Å². The van der Waals surface area contributed by atoms with Gasteiger partial charge in [-0.15, -0.1) is 0 Å². The van der Waals surface area contributed by atoms with E-state index in [1.165, 1.54) is 0 Å². The fraction of sp³-hybridized carbons (Fsp3) is 0.579. The van der Waals surface area contributed by atoms with Crippen LogP contribution in [0, 0.1) is 0 Å². The molecule has 0 N–H and O–H groups in total. The summed E-state index contributed by atoms with van der Waals surface area (Å²) in [6, 6.07) is 8.28. The van der Waals surface area contributed by atoms with Crippen LogP contribution in [-0.2, 0) is 19.4 Å². The summed E-state index contributed by atoms with van der Waals surface area (Å²) in [6.07, 6.45) is 5.46. The normalized spacial score (nSPS) is 22.7. The molecule has 2 aliphatic rings. The summed E-state index contributed by atoms with van der Waals surface area (Å²) < 4.78 is 29.0. The first-order valence-corrected chi connectivity index (χ1v) is 11.0. The van der Waals surface area contributed by atoms with Gasteiger partial charge in [0.15, 0.2) is 16.4 Å². The van der Waals surface area contributed by atoms with Crippen molar-refractivity contribution < 1.29 is 22.7 Å². The Morgan fingerprint density at radius 1 is 1.00 bits per heavy atom. The Kier molecular flexibility index (Phi) is 5.96. The van der Waals surface area contributed by atoms with E-state index in [9.17, 15) is 18.0 Å². The van der Waals surface area contributed by atoms with Gasteiger partial charge in [-0.05, 0) is 31.4 Å². The Morgan fingerprint density at radius 2 is 1.69 bits per heavy atom. The van der Waals surface area contributed by atoms with Gasteiger partial charge in [-0.3, -0.25) is 4.79 Å². The quantitative estimate of drug-likeness (QED) is 0.733. The minimum Gasteiger partial charge on any atom is -0.452 e. The van der Waals surface area contributed by atoms with Crippen molar-refractivity contribution >= 4 is 21.7 Å². The van der Waals surface area contributed by atoms with Crippen LogP contribution in [0.25, 0.3) is 0 Å². The number of ether oxygens (including phenoxy) is 1. The summed E-state index contributed by atoms with van der Waals surface area (Å²) in [5.74, 6) is -0.690. The predicted molar refractivity (Wildman–Crippen MR) is 97.5 cm³/mol. The van der Waals surface area contributed by atoms with E-state index in [4.69, 9.17) is 4.74 Å². The zero-order chi connectivity index (χ0) is 18.6. The average molecular weight is 379 g/mol. The summed E-state index contributed by atoms with van der Waals surface area (Å²) in [7, 11) is -3.09. The van der Waals surface area contributed by atoms with Crippen molar-refractivity contribution in [3.05, 3.63) is 35.9 Å². The molecule has 0 spiro atoms. The average Bonchev–Trinajstić information content (AvgIpc) is 3.01. The molecule has 6 nitrogen and oxygen atoms in total. The van der Waals surface area contributed by atoms with Gasteiger partial charge in [0.1, 0.15) is 0 Å². The van der Waals surface area contributed by atoms with Crippen molar-refractivity contribution in [3.63, 3.8) is 0 Å². The highest BCUT2D eigenvalue weighted by Crippen LogP contribution is 2.28. The SMILES string of the molecule is O=C(OCC(=O)N(C1CCCCC1)[C@H]1CCS(=O)(=O)C1)c1ccccc1. The number of esters is 1. The Morgan fingerprint density at radius 3 is 2.31 bits per heavy atom. The Hall–Kier alpha value is -1.89. The maximum Gasteiger partial charge on any atom is 0.338 e. The topological polar surface area (TPSA) is 80.8 Å². The molecule has 1 atom stereocenters. The number of hydrogen-bond donors (Lipinski definition) is 0. The Balaban J connectivity index is 1.67. The van der Waals surface area contributed by atoms with Crippen molar-refractivity contribution in [1.82, 2.24) is 4.90 Å². The van der Waals surface area contributed by atoms with Crippen LogP contribution in [0.1, 0.15) is 48.9 Å². The summed E-state index contributed by atoms with van der Waals surface area (Å²) in [5.41, 5.74) is 0.396. The van der Waals surface area contributed by atoms with Gasteiger partial charge in [0, 0.05) is 12.1 Å². The van der Waals surface area contributed by atoms with Crippen LogP contribution in [0.5, 0.6) is 0 Å². The molecule has 0 radical (unpaired) electrons. The molecule has 142 valence electrons. The van der Waals surface area contributed by atoms with E-state index in [2.05, 4.69) is 0 Å². The Labute approximate surface area is 154 Å². The van der Waals surface area contributed by atoms with Crippen molar-refractivity contribution in [3.8, 4) is 0 Å². The number of carbonyl (C=O) groups is 2. The third kappa shape index (κ3) is 4.63. The molecule has 1 aliphatic carbocycles. The van der Waals surface area contributed by atoms with Crippen LogP contribution in [0.15, 0.2) is 30.3 Å². The molecule has 1 aliphatic heterocycles. The van der Waals surface area contributed by atoms with Gasteiger partial charge < -0.3 is 9.64 Å². The molecule has 1 amide bonds. The number of benzene rings is 1. The second-order valence-electron chi connectivity index (χ2n) is 7.09. The monoisotopic (exact) mass is 379 g/mol. The minimum absolute atomic E-state index is 0.0157. The molecular formula is C19H25NO5S. The Bertz CT molecular complexity index is 740. The van der Waals surface area contributed by atoms with Gasteiger partial charge >= 0.3 is 5.97 Å². The second kappa shape index (κ2) is 8.20. The zero-order valence-corrected chi connectivity index (χ0v) is 15.6. The molecule has 1 saturated carbocycles. The summed E-state index contributed by atoms with van der Waals surface area (Å²) in [5, 5.41) is 0. The maximum absolute atomic E-state index is 12.8. The fourth-order valence-electron chi connectivity index (χ4n) is 3.92. The van der Waals surface area contributed by atoms with Crippen molar-refractivity contribution in [2.24, 2.45) is 0 Å².